The number of benzene rings is 1. The number of amides is 2. The summed E-state index contributed by atoms with van der Waals surface area (Å²) in [6, 6.07) is 7.28. The van der Waals surface area contributed by atoms with E-state index in [0.29, 0.717) is 37.7 Å². The van der Waals surface area contributed by atoms with Gasteiger partial charge in [0.15, 0.2) is 17.6 Å². The average Bonchev–Trinajstić information content (AvgIpc) is 3.07. The Labute approximate surface area is 146 Å². The molecule has 8 heteroatoms. The highest BCUT2D eigenvalue weighted by atomic mass is 16.6. The van der Waals surface area contributed by atoms with Gasteiger partial charge in [-0.1, -0.05) is 12.1 Å². The lowest BCUT2D eigenvalue weighted by molar-refractivity contribution is 0.0731. The van der Waals surface area contributed by atoms with Crippen molar-refractivity contribution in [2.24, 2.45) is 0 Å². The third-order valence-electron chi connectivity index (χ3n) is 3.80. The van der Waals surface area contributed by atoms with Crippen molar-refractivity contribution in [2.75, 3.05) is 39.2 Å². The molecule has 0 radical (unpaired) electrons. The van der Waals surface area contributed by atoms with Gasteiger partial charge in [0, 0.05) is 20.4 Å². The van der Waals surface area contributed by atoms with Crippen LogP contribution < -0.4 is 14.8 Å². The van der Waals surface area contributed by atoms with Crippen molar-refractivity contribution in [1.29, 1.82) is 0 Å². The van der Waals surface area contributed by atoms with Crippen molar-refractivity contribution in [3.63, 3.8) is 0 Å². The maximum Gasteiger partial charge on any atom is 0.321 e. The third-order valence-corrected chi connectivity index (χ3v) is 3.80. The first-order valence-electron chi connectivity index (χ1n) is 8.07. The highest BCUT2D eigenvalue weighted by molar-refractivity contribution is 5.88. The Kier molecular flexibility index (Phi) is 5.39. The van der Waals surface area contributed by atoms with Gasteiger partial charge in [0.2, 0.25) is 0 Å². The third kappa shape index (κ3) is 4.42. The molecule has 1 aromatic carbocycles. The molecule has 0 fully saturated rings. The first-order valence-corrected chi connectivity index (χ1v) is 8.07. The van der Waals surface area contributed by atoms with Crippen molar-refractivity contribution in [2.45, 2.75) is 12.6 Å². The number of methoxy groups -OCH3 is 1. The predicted molar refractivity (Wildman–Crippen MR) is 92.1 cm³/mol. The van der Waals surface area contributed by atoms with E-state index in [4.69, 9.17) is 14.2 Å². The monoisotopic (exact) mass is 346 g/mol. The Morgan fingerprint density at radius 3 is 3.04 bits per heavy atom. The molecule has 2 aromatic rings. The highest BCUT2D eigenvalue weighted by Crippen LogP contribution is 2.30. The topological polar surface area (TPSA) is 77.9 Å². The summed E-state index contributed by atoms with van der Waals surface area (Å²) in [5.41, 5.74) is 0.638. The van der Waals surface area contributed by atoms with Gasteiger partial charge in [-0.05, 0) is 12.1 Å². The number of carbonyl (C=O) groups is 1. The minimum atomic E-state index is -0.228. The fourth-order valence-electron chi connectivity index (χ4n) is 2.50. The fourth-order valence-corrected chi connectivity index (χ4v) is 2.50. The number of para-hydroxylation sites is 2. The molecule has 0 aliphatic carbocycles. The molecule has 1 atom stereocenters. The molecular formula is C17H22N4O4. The van der Waals surface area contributed by atoms with Gasteiger partial charge in [0.05, 0.1) is 31.6 Å². The van der Waals surface area contributed by atoms with Crippen LogP contribution in [0.2, 0.25) is 0 Å². The van der Waals surface area contributed by atoms with Crippen molar-refractivity contribution in [1.82, 2.24) is 14.7 Å². The summed E-state index contributed by atoms with van der Waals surface area (Å²) in [4.78, 5) is 13.9. The Bertz CT molecular complexity index is 718. The number of aromatic nitrogens is 2. The number of hydrogen-bond donors (Lipinski definition) is 1. The molecule has 1 aromatic heterocycles. The van der Waals surface area contributed by atoms with Gasteiger partial charge < -0.3 is 24.4 Å². The van der Waals surface area contributed by atoms with Crippen LogP contribution in [-0.2, 0) is 11.3 Å². The Morgan fingerprint density at radius 1 is 1.44 bits per heavy atom. The van der Waals surface area contributed by atoms with Crippen LogP contribution in [-0.4, -0.2) is 60.7 Å². The summed E-state index contributed by atoms with van der Waals surface area (Å²) in [5.74, 6) is 1.43. The van der Waals surface area contributed by atoms with Gasteiger partial charge in [-0.3, -0.25) is 4.68 Å². The van der Waals surface area contributed by atoms with Crippen molar-refractivity contribution in [3.05, 3.63) is 36.7 Å². The molecule has 1 aliphatic rings. The van der Waals surface area contributed by atoms with Crippen molar-refractivity contribution in [3.8, 4) is 11.5 Å². The van der Waals surface area contributed by atoms with Crippen LogP contribution in [0.3, 0.4) is 0 Å². The smallest absolute Gasteiger partial charge is 0.321 e. The van der Waals surface area contributed by atoms with E-state index in [1.807, 2.05) is 24.3 Å². The number of nitrogens with one attached hydrogen (secondary N) is 1. The molecule has 0 bridgehead atoms. The van der Waals surface area contributed by atoms with E-state index in [2.05, 4.69) is 10.4 Å². The molecule has 0 saturated carbocycles. The molecular weight excluding hydrogens is 324 g/mol. The average molecular weight is 346 g/mol. The number of likely N-dealkylation sites (N-methyl/N-ethyl adjacent to an activating group) is 1. The molecule has 1 N–H and O–H groups in total. The minimum absolute atomic E-state index is 0.213. The van der Waals surface area contributed by atoms with E-state index in [9.17, 15) is 4.79 Å². The largest absolute Gasteiger partial charge is 0.486 e. The lowest BCUT2D eigenvalue weighted by Gasteiger charge is -2.29. The zero-order chi connectivity index (χ0) is 17.6. The van der Waals surface area contributed by atoms with Gasteiger partial charge in [-0.15, -0.1) is 0 Å². The highest BCUT2D eigenvalue weighted by Gasteiger charge is 2.23. The Hall–Kier alpha value is -2.74. The number of nitrogens with zero attached hydrogens (tertiary/aromatic N) is 3. The lowest BCUT2D eigenvalue weighted by Crippen LogP contribution is -2.43. The number of carbonyl (C=O) groups excluding carboxylic acids is 1. The number of hydrogen-bond acceptors (Lipinski definition) is 5. The Morgan fingerprint density at radius 2 is 2.24 bits per heavy atom. The van der Waals surface area contributed by atoms with E-state index < -0.39 is 0 Å². The fraction of sp³-hybridized carbons (Fsp3) is 0.412. The first-order chi connectivity index (χ1) is 12.2. The quantitative estimate of drug-likeness (QED) is 0.863. The van der Waals surface area contributed by atoms with E-state index in [-0.39, 0.29) is 12.1 Å². The zero-order valence-corrected chi connectivity index (χ0v) is 14.3. The van der Waals surface area contributed by atoms with Crippen LogP contribution in [0.5, 0.6) is 11.5 Å². The van der Waals surface area contributed by atoms with Crippen LogP contribution in [0.1, 0.15) is 0 Å². The van der Waals surface area contributed by atoms with Crippen LogP contribution in [0.4, 0.5) is 10.5 Å². The molecule has 3 rings (SSSR count). The predicted octanol–water partition coefficient (Wildman–Crippen LogP) is 1.83. The maximum absolute atomic E-state index is 12.3. The normalized spacial score (nSPS) is 15.7. The Balaban J connectivity index is 1.50. The van der Waals surface area contributed by atoms with Gasteiger partial charge in [-0.25, -0.2) is 4.79 Å². The number of ether oxygens (including phenoxy) is 3. The molecule has 0 spiro atoms. The lowest BCUT2D eigenvalue weighted by atomic mass is 10.2. The summed E-state index contributed by atoms with van der Waals surface area (Å²) < 4.78 is 18.3. The molecule has 8 nitrogen and oxygen atoms in total. The second-order valence-electron chi connectivity index (χ2n) is 5.79. The van der Waals surface area contributed by atoms with Crippen LogP contribution in [0, 0.1) is 0 Å². The van der Waals surface area contributed by atoms with Gasteiger partial charge in [0.25, 0.3) is 0 Å². The molecule has 25 heavy (non-hydrogen) atoms. The molecule has 2 heterocycles. The summed E-state index contributed by atoms with van der Waals surface area (Å²) in [6.07, 6.45) is 3.16. The van der Waals surface area contributed by atoms with Gasteiger partial charge in [-0.2, -0.15) is 5.10 Å². The van der Waals surface area contributed by atoms with E-state index >= 15 is 0 Å². The molecule has 134 valence electrons. The number of anilines is 1. The molecule has 0 saturated heterocycles. The van der Waals surface area contributed by atoms with E-state index in [1.165, 1.54) is 0 Å². The van der Waals surface area contributed by atoms with E-state index in [0.717, 1.165) is 5.75 Å². The minimum Gasteiger partial charge on any atom is -0.486 e. The summed E-state index contributed by atoms with van der Waals surface area (Å²) in [7, 11) is 3.35. The number of urea groups is 1. The summed E-state index contributed by atoms with van der Waals surface area (Å²) >= 11 is 0. The van der Waals surface area contributed by atoms with Crippen LogP contribution in [0.15, 0.2) is 36.7 Å². The zero-order valence-electron chi connectivity index (χ0n) is 14.3. The van der Waals surface area contributed by atoms with Gasteiger partial charge in [0.1, 0.15) is 6.61 Å². The van der Waals surface area contributed by atoms with Crippen molar-refractivity contribution >= 4 is 11.7 Å². The van der Waals surface area contributed by atoms with Crippen LogP contribution >= 0.6 is 0 Å². The second kappa shape index (κ2) is 7.89. The molecule has 0 unspecified atom stereocenters. The summed E-state index contributed by atoms with van der Waals surface area (Å²) in [6.45, 7) is 2.02. The van der Waals surface area contributed by atoms with Crippen molar-refractivity contribution < 1.29 is 19.0 Å². The van der Waals surface area contributed by atoms with Crippen LogP contribution in [0.25, 0.3) is 0 Å². The number of rotatable bonds is 6. The first kappa shape index (κ1) is 17.1. The summed E-state index contributed by atoms with van der Waals surface area (Å²) in [5, 5.41) is 6.98. The van der Waals surface area contributed by atoms with Gasteiger partial charge >= 0.3 is 6.03 Å². The molecule has 2 amide bonds. The second-order valence-corrected chi connectivity index (χ2v) is 5.79. The standard InChI is InChI=1S/C17H22N4O4/c1-20(11-14-12-24-15-5-3-4-6-16(15)25-14)17(22)19-13-9-18-21(10-13)7-8-23-2/h3-6,9-10,14H,7-8,11-12H2,1-2H3,(H,19,22)/t14-/m0/s1. The number of fused-ring (bicyclic) bond motifs is 1. The maximum atomic E-state index is 12.3. The van der Waals surface area contributed by atoms with E-state index in [1.54, 1.807) is 36.1 Å². The molecule has 1 aliphatic heterocycles. The SMILES string of the molecule is COCCn1cc(NC(=O)N(C)C[C@H]2COc3ccccc3O2)cn1.